The van der Waals surface area contributed by atoms with Gasteiger partial charge in [0, 0.05) is 11.3 Å². The third kappa shape index (κ3) is 11.1. The Bertz CT molecular complexity index is 2190. The van der Waals surface area contributed by atoms with E-state index in [4.69, 9.17) is 0 Å². The number of hydrogen-bond donors (Lipinski definition) is 0. The van der Waals surface area contributed by atoms with E-state index in [0.717, 1.165) is 88.0 Å². The van der Waals surface area contributed by atoms with E-state index in [2.05, 4.69) is 57.0 Å². The molecule has 0 bridgehead atoms. The van der Waals surface area contributed by atoms with Crippen molar-refractivity contribution in [1.82, 2.24) is 14.8 Å². The molecule has 0 saturated heterocycles. The number of amides is 1. The zero-order valence-corrected chi connectivity index (χ0v) is 36.0. The van der Waals surface area contributed by atoms with E-state index in [-0.39, 0.29) is 12.1 Å². The van der Waals surface area contributed by atoms with E-state index in [1.165, 1.54) is 21.7 Å². The van der Waals surface area contributed by atoms with E-state index in [1.54, 1.807) is 4.68 Å². The second-order valence-corrected chi connectivity index (χ2v) is 14.8. The molecule has 0 fully saturated rings. The molecule has 7 nitrogen and oxygen atoms in total. The summed E-state index contributed by atoms with van der Waals surface area (Å²) in [6, 6.07) is 28.2. The molecule has 4 aromatic carbocycles. The summed E-state index contributed by atoms with van der Waals surface area (Å²) in [5.41, 5.74) is 14.1. The van der Waals surface area contributed by atoms with Crippen LogP contribution in [-0.4, -0.2) is 32.2 Å². The molecule has 300 valence electrons. The number of ketones is 1. The summed E-state index contributed by atoms with van der Waals surface area (Å²) in [5, 5.41) is 10.5. The van der Waals surface area contributed by atoms with E-state index < -0.39 is 11.7 Å². The topological polar surface area (TPSA) is 84.6 Å². The normalized spacial score (nSPS) is 11.2. The van der Waals surface area contributed by atoms with Crippen LogP contribution in [0.1, 0.15) is 127 Å². The lowest BCUT2D eigenvalue weighted by atomic mass is 9.87. The van der Waals surface area contributed by atoms with E-state index in [0.29, 0.717) is 24.9 Å². The summed E-state index contributed by atoms with van der Waals surface area (Å²) in [4.78, 5) is 40.2. The van der Waals surface area contributed by atoms with E-state index in [1.807, 2.05) is 107 Å². The molecule has 0 unspecified atom stereocenters. The highest BCUT2D eigenvalue weighted by atomic mass is 16.2. The predicted octanol–water partition coefficient (Wildman–Crippen LogP) is 10.8. The largest absolute Gasteiger partial charge is 0.315 e. The average molecular weight is 767 g/mol. The Kier molecular flexibility index (Phi) is 16.5. The Balaban J connectivity index is 0.000000253. The molecule has 7 heteroatoms. The third-order valence-corrected chi connectivity index (χ3v) is 10.4. The molecule has 0 spiro atoms. The quantitative estimate of drug-likeness (QED) is 0.0460. The molecule has 0 atom stereocenters. The van der Waals surface area contributed by atoms with Crippen LogP contribution in [0.15, 0.2) is 94.8 Å². The lowest BCUT2D eigenvalue weighted by Crippen LogP contribution is -2.34. The fraction of sp³-hybridized carbons (Fsp3) is 0.380. The lowest BCUT2D eigenvalue weighted by molar-refractivity contribution is -0.127. The van der Waals surface area contributed by atoms with Crippen molar-refractivity contribution in [2.75, 3.05) is 0 Å². The number of carbonyl (C=O) groups excluding carboxylic acids is 2. The lowest BCUT2D eigenvalue weighted by Gasteiger charge is -2.20. The van der Waals surface area contributed by atoms with Crippen molar-refractivity contribution in [3.63, 3.8) is 0 Å². The smallest absolute Gasteiger partial charge is 0.283 e. The Labute approximate surface area is 340 Å². The fourth-order valence-corrected chi connectivity index (χ4v) is 7.64. The van der Waals surface area contributed by atoms with Crippen LogP contribution in [0, 0.1) is 20.8 Å². The van der Waals surface area contributed by atoms with Gasteiger partial charge in [0.2, 0.25) is 0 Å². The van der Waals surface area contributed by atoms with E-state index in [9.17, 15) is 14.4 Å². The standard InChI is InChI=1S/C25H32N2O2.C25H30N2O/c1-6-12-19(5)26-27(17-20-13-10-9-11-14-20)25(29)24(28)23-21(7-2)15-18(4)16-22(23)8-3;1-6-20-14-17(4)15-21(7-2)23(20)24-22(8-3)18(5)26-27(25(24)28)16-19-12-10-9-11-13-19/h9-11,13-16H,6-8,12,17H2,1-5H3;9-15H,6-8,16H2,1-5H3. The molecule has 0 N–H and O–H groups in total. The second-order valence-electron chi connectivity index (χ2n) is 14.8. The molecule has 0 aliphatic rings. The summed E-state index contributed by atoms with van der Waals surface area (Å²) in [5.74, 6) is -1.04. The van der Waals surface area contributed by atoms with Crippen molar-refractivity contribution >= 4 is 17.4 Å². The molecule has 0 aliphatic heterocycles. The number of aryl methyl sites for hydroxylation is 7. The Morgan fingerprint density at radius 3 is 1.63 bits per heavy atom. The maximum Gasteiger partial charge on any atom is 0.315 e. The number of nitrogens with zero attached hydrogens (tertiary/aromatic N) is 4. The summed E-state index contributed by atoms with van der Waals surface area (Å²) in [6.07, 6.45) is 5.76. The first kappa shape index (κ1) is 44.3. The van der Waals surface area contributed by atoms with Gasteiger partial charge < -0.3 is 0 Å². The van der Waals surface area contributed by atoms with Crippen LogP contribution in [0.2, 0.25) is 0 Å². The third-order valence-electron chi connectivity index (χ3n) is 10.4. The van der Waals surface area contributed by atoms with Crippen molar-refractivity contribution in [3.05, 3.63) is 157 Å². The highest BCUT2D eigenvalue weighted by molar-refractivity contribution is 6.43. The number of hydrazone groups is 1. The van der Waals surface area contributed by atoms with Crippen molar-refractivity contribution in [3.8, 4) is 11.1 Å². The highest BCUT2D eigenvalue weighted by Gasteiger charge is 2.28. The van der Waals surface area contributed by atoms with Crippen LogP contribution in [0.25, 0.3) is 11.1 Å². The predicted molar refractivity (Wildman–Crippen MR) is 236 cm³/mol. The van der Waals surface area contributed by atoms with Gasteiger partial charge in [-0.1, -0.05) is 144 Å². The number of benzene rings is 4. The van der Waals surface area contributed by atoms with Crippen LogP contribution in [0.5, 0.6) is 0 Å². The van der Waals surface area contributed by atoms with Crippen molar-refractivity contribution in [2.24, 2.45) is 5.10 Å². The zero-order chi connectivity index (χ0) is 41.6. The molecular weight excluding hydrogens is 705 g/mol. The van der Waals surface area contributed by atoms with Crippen molar-refractivity contribution in [2.45, 2.75) is 127 Å². The van der Waals surface area contributed by atoms with Crippen molar-refractivity contribution in [1.29, 1.82) is 0 Å². The monoisotopic (exact) mass is 766 g/mol. The van der Waals surface area contributed by atoms with Gasteiger partial charge in [-0.05, 0) is 111 Å². The highest BCUT2D eigenvalue weighted by Crippen LogP contribution is 2.32. The van der Waals surface area contributed by atoms with Gasteiger partial charge in [0.25, 0.3) is 11.3 Å². The van der Waals surface area contributed by atoms with Gasteiger partial charge in [0.1, 0.15) is 0 Å². The number of hydrogen-bond acceptors (Lipinski definition) is 5. The molecule has 0 radical (unpaired) electrons. The van der Waals surface area contributed by atoms with Crippen LogP contribution in [0.3, 0.4) is 0 Å². The van der Waals surface area contributed by atoms with Gasteiger partial charge in [-0.3, -0.25) is 14.4 Å². The van der Waals surface area contributed by atoms with Gasteiger partial charge >= 0.3 is 5.91 Å². The number of aromatic nitrogens is 2. The van der Waals surface area contributed by atoms with Crippen LogP contribution < -0.4 is 5.56 Å². The first-order valence-corrected chi connectivity index (χ1v) is 20.7. The van der Waals surface area contributed by atoms with Gasteiger partial charge in [0.15, 0.2) is 0 Å². The van der Waals surface area contributed by atoms with Crippen LogP contribution >= 0.6 is 0 Å². The second kappa shape index (κ2) is 21.2. The number of rotatable bonds is 15. The minimum absolute atomic E-state index is 0.0135. The summed E-state index contributed by atoms with van der Waals surface area (Å²) in [7, 11) is 0. The number of Topliss-reactive ketones (excluding diaryl/α,β-unsaturated/α-hetero) is 1. The maximum atomic E-state index is 13.6. The van der Waals surface area contributed by atoms with Gasteiger partial charge in [-0.25, -0.2) is 9.69 Å². The van der Waals surface area contributed by atoms with Crippen LogP contribution in [0.4, 0.5) is 0 Å². The van der Waals surface area contributed by atoms with Gasteiger partial charge in [-0.15, -0.1) is 0 Å². The number of carbonyl (C=O) groups is 2. The maximum absolute atomic E-state index is 13.6. The first-order chi connectivity index (χ1) is 27.4. The molecule has 1 heterocycles. The molecule has 57 heavy (non-hydrogen) atoms. The minimum Gasteiger partial charge on any atom is -0.283 e. The van der Waals surface area contributed by atoms with E-state index >= 15 is 0 Å². The molecule has 0 saturated carbocycles. The van der Waals surface area contributed by atoms with Gasteiger partial charge in [0.05, 0.1) is 24.3 Å². The average Bonchev–Trinajstić information content (AvgIpc) is 3.21. The Hall–Kier alpha value is -5.43. The molecule has 5 aromatic rings. The van der Waals surface area contributed by atoms with Gasteiger partial charge in [-0.2, -0.15) is 10.2 Å². The summed E-state index contributed by atoms with van der Waals surface area (Å²) in [6.45, 7) is 21.4. The zero-order valence-electron chi connectivity index (χ0n) is 36.0. The molecule has 1 aromatic heterocycles. The Morgan fingerprint density at radius 1 is 0.667 bits per heavy atom. The van der Waals surface area contributed by atoms with Crippen LogP contribution in [-0.2, 0) is 50.0 Å². The molecular formula is C50H62N4O3. The molecule has 5 rings (SSSR count). The summed E-state index contributed by atoms with van der Waals surface area (Å²) < 4.78 is 1.64. The SMILES string of the molecule is CCCC(C)=NN(Cc1ccccc1)C(=O)C(=O)c1c(CC)cc(C)cc1CC.CCc1cc(C)cc(CC)c1-c1c(CC)c(C)nn(Cc2ccccc2)c1=O. The molecule has 0 aliphatic carbocycles. The molecule has 1 amide bonds. The Morgan fingerprint density at radius 2 is 1.16 bits per heavy atom. The van der Waals surface area contributed by atoms with Crippen molar-refractivity contribution < 1.29 is 9.59 Å². The minimum atomic E-state index is -0.572. The summed E-state index contributed by atoms with van der Waals surface area (Å²) >= 11 is 0. The fourth-order valence-electron chi connectivity index (χ4n) is 7.64. The first-order valence-electron chi connectivity index (χ1n) is 20.7.